The summed E-state index contributed by atoms with van der Waals surface area (Å²) >= 11 is 0. The quantitative estimate of drug-likeness (QED) is 0.708. The van der Waals surface area contributed by atoms with E-state index in [-0.39, 0.29) is 18.8 Å². The largest absolute Gasteiger partial charge is 0.307 e. The maximum Gasteiger partial charge on any atom is 0.307 e. The lowest BCUT2D eigenvalue weighted by atomic mass is 10.4. The second-order valence-corrected chi connectivity index (χ2v) is 5.46. The maximum atomic E-state index is 12.8. The molecule has 2 heterocycles. The van der Waals surface area contributed by atoms with E-state index in [1.807, 2.05) is 0 Å². The van der Waals surface area contributed by atoms with Gasteiger partial charge in [0.2, 0.25) is 5.91 Å². The van der Waals surface area contributed by atoms with Gasteiger partial charge in [0, 0.05) is 13.0 Å². The first kappa shape index (κ1) is 11.9. The zero-order valence-electron chi connectivity index (χ0n) is 9.00. The molecule has 1 aromatic rings. The topological polar surface area (TPSA) is 80.2 Å². The molecule has 1 amide bonds. The van der Waals surface area contributed by atoms with Crippen molar-refractivity contribution in [3.63, 3.8) is 0 Å². The molecule has 1 saturated heterocycles. The molecule has 0 spiro atoms. The smallest absolute Gasteiger partial charge is 0.294 e. The molecule has 1 fully saturated rings. The fourth-order valence-corrected chi connectivity index (χ4v) is 2.29. The monoisotopic (exact) mass is 259 g/mol. The van der Waals surface area contributed by atoms with Crippen LogP contribution in [0.15, 0.2) is 12.1 Å². The van der Waals surface area contributed by atoms with Crippen LogP contribution in [0.4, 0.5) is 9.70 Å². The summed E-state index contributed by atoms with van der Waals surface area (Å²) in [5, 5.41) is 6.22. The van der Waals surface area contributed by atoms with Gasteiger partial charge in [0.1, 0.15) is 5.25 Å². The normalized spacial score (nSPS) is 20.9. The molecule has 1 unspecified atom stereocenters. The van der Waals surface area contributed by atoms with Crippen molar-refractivity contribution in [1.82, 2.24) is 10.2 Å². The molecule has 0 N–H and O–H groups in total. The molecule has 1 atom stereocenters. The standard InChI is InChI=1S/C9H10FN3O3S/c1-6-2-3-8(12-11-6)13-5-7(4-9(13)14)17(10,15)16/h2-3,7H,4-5H2,1H3. The molecule has 6 nitrogen and oxygen atoms in total. The highest BCUT2D eigenvalue weighted by atomic mass is 32.3. The molecule has 0 radical (unpaired) electrons. The minimum atomic E-state index is -4.70. The van der Waals surface area contributed by atoms with Gasteiger partial charge in [-0.25, -0.2) is 0 Å². The summed E-state index contributed by atoms with van der Waals surface area (Å²) in [5.41, 5.74) is 0.676. The van der Waals surface area contributed by atoms with Crippen molar-refractivity contribution in [3.8, 4) is 0 Å². The Balaban J connectivity index is 2.24. The van der Waals surface area contributed by atoms with Gasteiger partial charge >= 0.3 is 10.2 Å². The minimum Gasteiger partial charge on any atom is -0.294 e. The van der Waals surface area contributed by atoms with E-state index in [0.717, 1.165) is 4.90 Å². The summed E-state index contributed by atoms with van der Waals surface area (Å²) in [6.45, 7) is 1.52. The van der Waals surface area contributed by atoms with Gasteiger partial charge in [0.05, 0.1) is 5.69 Å². The van der Waals surface area contributed by atoms with Crippen molar-refractivity contribution in [3.05, 3.63) is 17.8 Å². The van der Waals surface area contributed by atoms with Crippen LogP contribution in [0, 0.1) is 6.92 Å². The van der Waals surface area contributed by atoms with Crippen molar-refractivity contribution in [2.45, 2.75) is 18.6 Å². The van der Waals surface area contributed by atoms with Crippen LogP contribution in [0.3, 0.4) is 0 Å². The van der Waals surface area contributed by atoms with Gasteiger partial charge in [0.15, 0.2) is 5.82 Å². The Bertz CT molecular complexity index is 543. The third-order valence-electron chi connectivity index (χ3n) is 2.55. The van der Waals surface area contributed by atoms with Gasteiger partial charge in [-0.1, -0.05) is 0 Å². The fourth-order valence-electron chi connectivity index (χ4n) is 1.62. The number of rotatable bonds is 2. The number of aryl methyl sites for hydroxylation is 1. The Morgan fingerprint density at radius 2 is 2.12 bits per heavy atom. The number of aromatic nitrogens is 2. The summed E-state index contributed by atoms with van der Waals surface area (Å²) in [4.78, 5) is 12.7. The first-order valence-electron chi connectivity index (χ1n) is 4.92. The lowest BCUT2D eigenvalue weighted by molar-refractivity contribution is -0.117. The minimum absolute atomic E-state index is 0.213. The molecule has 1 aromatic heterocycles. The molecule has 1 aliphatic heterocycles. The van der Waals surface area contributed by atoms with Crippen LogP contribution >= 0.6 is 0 Å². The number of amides is 1. The molecule has 0 aliphatic carbocycles. The zero-order valence-corrected chi connectivity index (χ0v) is 9.82. The lowest BCUT2D eigenvalue weighted by Crippen LogP contribution is -2.27. The van der Waals surface area contributed by atoms with Crippen LogP contribution < -0.4 is 4.90 Å². The number of anilines is 1. The van der Waals surface area contributed by atoms with E-state index >= 15 is 0 Å². The Morgan fingerprint density at radius 1 is 1.41 bits per heavy atom. The highest BCUT2D eigenvalue weighted by molar-refractivity contribution is 7.87. The van der Waals surface area contributed by atoms with E-state index in [9.17, 15) is 17.1 Å². The molecule has 2 rings (SSSR count). The molecule has 17 heavy (non-hydrogen) atoms. The molecular weight excluding hydrogens is 249 g/mol. The number of carbonyl (C=O) groups excluding carboxylic acids is 1. The Labute approximate surface area is 97.7 Å². The number of nitrogens with zero attached hydrogens (tertiary/aromatic N) is 3. The van der Waals surface area contributed by atoms with Gasteiger partial charge in [-0.3, -0.25) is 9.69 Å². The van der Waals surface area contributed by atoms with Crippen molar-refractivity contribution in [2.24, 2.45) is 0 Å². The average Bonchev–Trinajstić information content (AvgIpc) is 2.61. The van der Waals surface area contributed by atoms with Gasteiger partial charge in [-0.05, 0) is 19.1 Å². The van der Waals surface area contributed by atoms with E-state index in [1.54, 1.807) is 19.1 Å². The van der Waals surface area contributed by atoms with Crippen LogP contribution in [-0.2, 0) is 15.0 Å². The number of carbonyl (C=O) groups is 1. The highest BCUT2D eigenvalue weighted by Gasteiger charge is 2.39. The van der Waals surface area contributed by atoms with Crippen LogP contribution in [-0.4, -0.2) is 36.3 Å². The molecule has 8 heteroatoms. The first-order chi connectivity index (χ1) is 7.88. The third-order valence-corrected chi connectivity index (χ3v) is 3.66. The predicted octanol–water partition coefficient (Wildman–Crippen LogP) is 0.190. The van der Waals surface area contributed by atoms with Gasteiger partial charge in [-0.2, -0.15) is 13.5 Å². The lowest BCUT2D eigenvalue weighted by Gasteiger charge is -2.13. The van der Waals surface area contributed by atoms with Crippen LogP contribution in [0.2, 0.25) is 0 Å². The van der Waals surface area contributed by atoms with E-state index in [0.29, 0.717) is 5.69 Å². The predicted molar refractivity (Wildman–Crippen MR) is 57.6 cm³/mol. The molecular formula is C9H10FN3O3S. The van der Waals surface area contributed by atoms with E-state index in [2.05, 4.69) is 10.2 Å². The summed E-state index contributed by atoms with van der Waals surface area (Å²) in [6, 6.07) is 3.19. The molecule has 1 aliphatic rings. The molecule has 92 valence electrons. The van der Waals surface area contributed by atoms with Crippen LogP contribution in [0.1, 0.15) is 12.1 Å². The van der Waals surface area contributed by atoms with E-state index in [1.165, 1.54) is 0 Å². The number of hydrogen-bond acceptors (Lipinski definition) is 5. The summed E-state index contributed by atoms with van der Waals surface area (Å²) in [6.07, 6.45) is -0.353. The van der Waals surface area contributed by atoms with Gasteiger partial charge < -0.3 is 0 Å². The average molecular weight is 259 g/mol. The van der Waals surface area contributed by atoms with E-state index < -0.39 is 21.4 Å². The Hall–Kier alpha value is -1.57. The molecule has 0 saturated carbocycles. The molecule has 0 aromatic carbocycles. The summed E-state index contributed by atoms with van der Waals surface area (Å²) in [5.74, 6) is -0.221. The van der Waals surface area contributed by atoms with Gasteiger partial charge in [-0.15, -0.1) is 8.98 Å². The second kappa shape index (κ2) is 4.02. The first-order valence-corrected chi connectivity index (χ1v) is 6.37. The Morgan fingerprint density at radius 3 is 2.59 bits per heavy atom. The van der Waals surface area contributed by atoms with Crippen LogP contribution in [0.25, 0.3) is 0 Å². The fraction of sp³-hybridized carbons (Fsp3) is 0.444. The zero-order chi connectivity index (χ0) is 12.6. The SMILES string of the molecule is Cc1ccc(N2CC(S(=O)(=O)F)CC2=O)nn1. The highest BCUT2D eigenvalue weighted by Crippen LogP contribution is 2.23. The van der Waals surface area contributed by atoms with Crippen molar-refractivity contribution >= 4 is 21.9 Å². The number of hydrogen-bond donors (Lipinski definition) is 0. The second-order valence-electron chi connectivity index (χ2n) is 3.84. The molecule has 0 bridgehead atoms. The van der Waals surface area contributed by atoms with E-state index in [4.69, 9.17) is 0 Å². The Kier molecular flexibility index (Phi) is 2.82. The third kappa shape index (κ3) is 2.41. The number of halogens is 1. The van der Waals surface area contributed by atoms with Gasteiger partial charge in [0.25, 0.3) is 0 Å². The van der Waals surface area contributed by atoms with Crippen molar-refractivity contribution in [1.29, 1.82) is 0 Å². The maximum absolute atomic E-state index is 12.8. The summed E-state index contributed by atoms with van der Waals surface area (Å²) < 4.78 is 34.2. The van der Waals surface area contributed by atoms with Crippen LogP contribution in [0.5, 0.6) is 0 Å². The van der Waals surface area contributed by atoms with Crippen molar-refractivity contribution < 1.29 is 17.1 Å². The summed E-state index contributed by atoms with van der Waals surface area (Å²) in [7, 11) is -4.70. The van der Waals surface area contributed by atoms with Crippen molar-refractivity contribution in [2.75, 3.05) is 11.4 Å².